The molecule has 5 N–H and O–H groups in total. The molecule has 1 aromatic heterocycles. The fourth-order valence-electron chi connectivity index (χ4n) is 6.44. The Labute approximate surface area is 286 Å². The van der Waals surface area contributed by atoms with Gasteiger partial charge in [0, 0.05) is 36.7 Å². The summed E-state index contributed by atoms with van der Waals surface area (Å²) in [4.78, 5) is 27.4. The van der Waals surface area contributed by atoms with Crippen molar-refractivity contribution in [2.24, 2.45) is 17.6 Å². The second-order valence-corrected chi connectivity index (χ2v) is 14.6. The molecular weight excluding hydrogens is 645 g/mol. The second kappa shape index (κ2) is 15.4. The predicted molar refractivity (Wildman–Crippen MR) is 185 cm³/mol. The van der Waals surface area contributed by atoms with Crippen LogP contribution in [-0.4, -0.2) is 84.1 Å². The summed E-state index contributed by atoms with van der Waals surface area (Å²) < 4.78 is 33.5. The number of tetrazole rings is 1. The number of nitrogens with zero attached hydrogens (tertiary/aromatic N) is 4. The summed E-state index contributed by atoms with van der Waals surface area (Å²) in [6.07, 6.45) is 3.55. The Morgan fingerprint density at radius 1 is 0.980 bits per heavy atom. The maximum absolute atomic E-state index is 13.7. The number of morpholine rings is 1. The molecule has 2 heterocycles. The lowest BCUT2D eigenvalue weighted by Gasteiger charge is -2.28. The summed E-state index contributed by atoms with van der Waals surface area (Å²) >= 11 is 0. The Kier molecular flexibility index (Phi) is 10.8. The van der Waals surface area contributed by atoms with E-state index in [4.69, 9.17) is 10.5 Å². The van der Waals surface area contributed by atoms with E-state index in [-0.39, 0.29) is 29.0 Å². The number of benzene rings is 3. The average Bonchev–Trinajstić information content (AvgIpc) is 3.68. The van der Waals surface area contributed by atoms with Crippen molar-refractivity contribution in [3.05, 3.63) is 77.9 Å². The van der Waals surface area contributed by atoms with Crippen LogP contribution in [0.4, 0.5) is 5.69 Å². The van der Waals surface area contributed by atoms with Crippen molar-refractivity contribution in [3.8, 4) is 22.5 Å². The normalized spacial score (nSPS) is 19.2. The van der Waals surface area contributed by atoms with Crippen LogP contribution < -0.4 is 16.4 Å². The quantitative estimate of drug-likeness (QED) is 0.184. The van der Waals surface area contributed by atoms with Crippen molar-refractivity contribution in [1.29, 1.82) is 0 Å². The molecule has 1 aliphatic heterocycles. The predicted octanol–water partition coefficient (Wildman–Crippen LogP) is 3.29. The highest BCUT2D eigenvalue weighted by molar-refractivity contribution is 7.89. The van der Waals surface area contributed by atoms with E-state index >= 15 is 0 Å². The number of ether oxygens (including phenoxy) is 1. The number of anilines is 1. The molecule has 49 heavy (non-hydrogen) atoms. The first-order valence-corrected chi connectivity index (χ1v) is 18.1. The second-order valence-electron chi connectivity index (χ2n) is 12.7. The minimum atomic E-state index is -3.66. The molecule has 14 heteroatoms. The number of hydrogen-bond donors (Lipinski definition) is 4. The average molecular weight is 687 g/mol. The zero-order valence-corrected chi connectivity index (χ0v) is 28.3. The zero-order chi connectivity index (χ0) is 34.4. The van der Waals surface area contributed by atoms with Gasteiger partial charge in [-0.2, -0.15) is 9.52 Å². The van der Waals surface area contributed by atoms with Gasteiger partial charge in [-0.1, -0.05) is 30.3 Å². The third-order valence-electron chi connectivity index (χ3n) is 9.46. The van der Waals surface area contributed by atoms with Gasteiger partial charge in [0.1, 0.15) is 6.04 Å². The van der Waals surface area contributed by atoms with E-state index < -0.39 is 16.1 Å². The Balaban J connectivity index is 1.19. The van der Waals surface area contributed by atoms with Gasteiger partial charge >= 0.3 is 0 Å². The van der Waals surface area contributed by atoms with Crippen LogP contribution in [-0.2, 0) is 30.8 Å². The van der Waals surface area contributed by atoms with Crippen LogP contribution in [0.15, 0.2) is 71.6 Å². The SMILES string of the molecule is Cc1ccc(S(=O)(=O)N2CCOCC2)cc1-c1ccc(C[C@H](NC(=O)C2CCC(CN)CC2)C(=O)Nc2ccc(-c3nn[nH]n3)cc2)cc1. The van der Waals surface area contributed by atoms with Crippen molar-refractivity contribution < 1.29 is 22.7 Å². The van der Waals surface area contributed by atoms with E-state index in [1.807, 2.05) is 37.3 Å². The number of carbonyl (C=O) groups excluding carboxylic acids is 2. The first-order valence-electron chi connectivity index (χ1n) is 16.6. The fourth-order valence-corrected chi connectivity index (χ4v) is 7.87. The summed E-state index contributed by atoms with van der Waals surface area (Å²) in [7, 11) is -3.66. The number of sulfonamides is 1. The highest BCUT2D eigenvalue weighted by Crippen LogP contribution is 2.30. The van der Waals surface area contributed by atoms with Gasteiger partial charge in [0.15, 0.2) is 0 Å². The van der Waals surface area contributed by atoms with Crippen LogP contribution in [0.2, 0.25) is 0 Å². The Hall–Kier alpha value is -4.50. The van der Waals surface area contributed by atoms with Crippen LogP contribution in [0.5, 0.6) is 0 Å². The molecule has 1 atom stereocenters. The molecule has 1 aliphatic carbocycles. The first kappa shape index (κ1) is 34.4. The van der Waals surface area contributed by atoms with Gasteiger partial charge in [0.2, 0.25) is 27.7 Å². The lowest BCUT2D eigenvalue weighted by atomic mass is 9.81. The van der Waals surface area contributed by atoms with E-state index in [0.29, 0.717) is 50.3 Å². The van der Waals surface area contributed by atoms with Crippen molar-refractivity contribution >= 4 is 27.5 Å². The molecule has 1 saturated heterocycles. The number of aryl methyl sites for hydroxylation is 1. The van der Waals surface area contributed by atoms with Crippen LogP contribution in [0.25, 0.3) is 22.5 Å². The monoisotopic (exact) mass is 686 g/mol. The summed E-state index contributed by atoms with van der Waals surface area (Å²) in [5.41, 5.74) is 10.6. The lowest BCUT2D eigenvalue weighted by Crippen LogP contribution is -2.48. The third-order valence-corrected chi connectivity index (χ3v) is 11.4. The van der Waals surface area contributed by atoms with Gasteiger partial charge in [-0.15, -0.1) is 10.2 Å². The van der Waals surface area contributed by atoms with Crippen LogP contribution >= 0.6 is 0 Å². The molecule has 0 spiro atoms. The molecule has 0 radical (unpaired) electrons. The molecule has 1 saturated carbocycles. The van der Waals surface area contributed by atoms with Gasteiger partial charge < -0.3 is 21.1 Å². The molecule has 0 unspecified atom stereocenters. The number of nitrogens with one attached hydrogen (secondary N) is 3. The Morgan fingerprint density at radius 2 is 1.67 bits per heavy atom. The molecule has 13 nitrogen and oxygen atoms in total. The molecule has 2 aliphatic rings. The highest BCUT2D eigenvalue weighted by Gasteiger charge is 2.30. The Morgan fingerprint density at radius 3 is 2.33 bits per heavy atom. The third kappa shape index (κ3) is 8.21. The molecule has 2 amide bonds. The van der Waals surface area contributed by atoms with Gasteiger partial charge in [0.05, 0.1) is 18.1 Å². The van der Waals surface area contributed by atoms with Crippen molar-refractivity contribution in [1.82, 2.24) is 30.2 Å². The number of aromatic amines is 1. The van der Waals surface area contributed by atoms with Gasteiger partial charge in [0.25, 0.3) is 0 Å². The molecule has 258 valence electrons. The minimum absolute atomic E-state index is 0.131. The number of H-pyrrole nitrogens is 1. The van der Waals surface area contributed by atoms with E-state index in [0.717, 1.165) is 53.5 Å². The van der Waals surface area contributed by atoms with E-state index in [9.17, 15) is 18.0 Å². The maximum Gasteiger partial charge on any atom is 0.247 e. The molecule has 4 aromatic rings. The van der Waals surface area contributed by atoms with Crippen LogP contribution in [0.1, 0.15) is 36.8 Å². The summed E-state index contributed by atoms with van der Waals surface area (Å²) in [6.45, 7) is 3.97. The zero-order valence-electron chi connectivity index (χ0n) is 27.5. The first-order chi connectivity index (χ1) is 23.7. The summed E-state index contributed by atoms with van der Waals surface area (Å²) in [5.74, 6) is 0.238. The number of aromatic nitrogens is 4. The smallest absolute Gasteiger partial charge is 0.247 e. The summed E-state index contributed by atoms with van der Waals surface area (Å²) in [6, 6.07) is 19.1. The number of nitrogens with two attached hydrogens (primary N) is 1. The number of carbonyl (C=O) groups is 2. The van der Waals surface area contributed by atoms with Crippen molar-refractivity contribution in [3.63, 3.8) is 0 Å². The topological polar surface area (TPSA) is 185 Å². The highest BCUT2D eigenvalue weighted by atomic mass is 32.2. The van der Waals surface area contributed by atoms with Crippen molar-refractivity contribution in [2.75, 3.05) is 38.2 Å². The lowest BCUT2D eigenvalue weighted by molar-refractivity contribution is -0.130. The molecular formula is C35H42N8O5S. The Bertz CT molecular complexity index is 1840. The van der Waals surface area contributed by atoms with E-state index in [1.165, 1.54) is 4.31 Å². The molecule has 2 fully saturated rings. The van der Waals surface area contributed by atoms with Crippen molar-refractivity contribution in [2.45, 2.75) is 50.0 Å². The van der Waals surface area contributed by atoms with Gasteiger partial charge in [-0.25, -0.2) is 8.42 Å². The minimum Gasteiger partial charge on any atom is -0.379 e. The standard InChI is InChI=1S/C35H42N8O5S/c1-23-2-15-30(49(46,47)43-16-18-48-19-17-43)21-31(23)26-7-3-24(4-8-26)20-32(38-34(44)28-9-5-25(22-36)6-10-28)35(45)37-29-13-11-27(12-14-29)33-39-41-42-40-33/h2-4,7-8,11-15,21,25,28,32H,5-6,9-10,16-20,22,36H2,1H3,(H,37,45)(H,38,44)(H,39,40,41,42)/t25?,28?,32-/m0/s1. The van der Waals surface area contributed by atoms with E-state index in [1.54, 1.807) is 36.4 Å². The molecule has 6 rings (SSSR count). The molecule has 3 aromatic carbocycles. The van der Waals surface area contributed by atoms with Crippen LogP contribution in [0.3, 0.4) is 0 Å². The largest absolute Gasteiger partial charge is 0.379 e. The maximum atomic E-state index is 13.7. The fraction of sp³-hybridized carbons (Fsp3) is 0.400. The van der Waals surface area contributed by atoms with Gasteiger partial charge in [-0.05, 0) is 109 Å². The number of amides is 2. The van der Waals surface area contributed by atoms with E-state index in [2.05, 4.69) is 31.3 Å². The van der Waals surface area contributed by atoms with Gasteiger partial charge in [-0.3, -0.25) is 9.59 Å². The van der Waals surface area contributed by atoms with Crippen LogP contribution in [0, 0.1) is 18.8 Å². The summed E-state index contributed by atoms with van der Waals surface area (Å²) in [5, 5.41) is 20.0. The number of rotatable bonds is 11. The number of hydrogen-bond acceptors (Lipinski definition) is 9. The molecule has 0 bridgehead atoms.